The van der Waals surface area contributed by atoms with Crippen molar-refractivity contribution >= 4 is 0 Å². The predicted octanol–water partition coefficient (Wildman–Crippen LogP) is 9.12. The maximum absolute atomic E-state index is 5.18. The first-order valence-corrected chi connectivity index (χ1v) is 13.4. The van der Waals surface area contributed by atoms with Crippen LogP contribution in [0.3, 0.4) is 0 Å². The molecule has 0 spiro atoms. The van der Waals surface area contributed by atoms with Crippen LogP contribution in [0.4, 0.5) is 0 Å². The summed E-state index contributed by atoms with van der Waals surface area (Å²) in [4.78, 5) is 10.2. The van der Waals surface area contributed by atoms with Gasteiger partial charge in [0.05, 0.1) is 11.4 Å². The van der Waals surface area contributed by atoms with Gasteiger partial charge >= 0.3 is 0 Å². The van der Waals surface area contributed by atoms with Crippen molar-refractivity contribution < 1.29 is 0 Å². The first-order valence-electron chi connectivity index (χ1n) is 13.4. The van der Waals surface area contributed by atoms with Gasteiger partial charge in [-0.3, -0.25) is 0 Å². The molecule has 0 aliphatic heterocycles. The van der Waals surface area contributed by atoms with E-state index < -0.39 is 0 Å². The van der Waals surface area contributed by atoms with Crippen molar-refractivity contribution in [1.29, 1.82) is 0 Å². The van der Waals surface area contributed by atoms with Gasteiger partial charge in [-0.05, 0) is 47.7 Å². The van der Waals surface area contributed by atoms with E-state index in [1.165, 1.54) is 33.4 Å². The molecule has 0 radical (unpaired) electrons. The van der Waals surface area contributed by atoms with Crippen LogP contribution in [0.5, 0.6) is 0 Å². The van der Waals surface area contributed by atoms with E-state index in [0.717, 1.165) is 33.9 Å². The molecule has 1 unspecified atom stereocenters. The van der Waals surface area contributed by atoms with Gasteiger partial charge in [0.2, 0.25) is 0 Å². The minimum absolute atomic E-state index is 0.258. The molecule has 0 bridgehead atoms. The molecule has 1 aliphatic carbocycles. The minimum atomic E-state index is -0.258. The standard InChI is InChI=1S/C37H28N2/c1-25-21-22-29-32(23-25)37(2,28-17-10-5-11-18-28)31-20-12-19-30(35(29)31)34-24-33(26-13-6-3-7-14-26)38-36(39-34)27-15-8-4-9-16-27/h3-24H,1-2H3. The van der Waals surface area contributed by atoms with E-state index in [9.17, 15) is 0 Å². The third-order valence-electron chi connectivity index (χ3n) is 8.04. The van der Waals surface area contributed by atoms with Gasteiger partial charge in [0, 0.05) is 22.1 Å². The fourth-order valence-corrected chi connectivity index (χ4v) is 6.05. The molecule has 0 amide bonds. The van der Waals surface area contributed by atoms with Crippen molar-refractivity contribution in [3.8, 4) is 45.0 Å². The van der Waals surface area contributed by atoms with Gasteiger partial charge in [-0.1, -0.05) is 133 Å². The second-order valence-electron chi connectivity index (χ2n) is 10.5. The van der Waals surface area contributed by atoms with Crippen LogP contribution >= 0.6 is 0 Å². The lowest BCUT2D eigenvalue weighted by Gasteiger charge is -2.28. The highest BCUT2D eigenvalue weighted by molar-refractivity contribution is 5.93. The molecule has 2 nitrogen and oxygen atoms in total. The normalized spacial score (nSPS) is 15.5. The number of rotatable bonds is 4. The van der Waals surface area contributed by atoms with Crippen LogP contribution in [-0.2, 0) is 5.41 Å². The Bertz CT molecular complexity index is 1750. The Balaban J connectivity index is 1.52. The van der Waals surface area contributed by atoms with E-state index in [2.05, 4.69) is 123 Å². The van der Waals surface area contributed by atoms with Crippen molar-refractivity contribution in [2.45, 2.75) is 19.3 Å². The Morgan fingerprint density at radius 2 is 1.15 bits per heavy atom. The lowest BCUT2D eigenvalue weighted by atomic mass is 9.74. The van der Waals surface area contributed by atoms with E-state index in [4.69, 9.17) is 9.97 Å². The highest BCUT2D eigenvalue weighted by Crippen LogP contribution is 2.55. The fourth-order valence-electron chi connectivity index (χ4n) is 6.05. The summed E-state index contributed by atoms with van der Waals surface area (Å²) in [7, 11) is 0. The molecule has 0 saturated heterocycles. The molecule has 1 atom stereocenters. The van der Waals surface area contributed by atoms with Crippen LogP contribution < -0.4 is 0 Å². The predicted molar refractivity (Wildman–Crippen MR) is 161 cm³/mol. The van der Waals surface area contributed by atoms with E-state index in [0.29, 0.717) is 0 Å². The zero-order valence-corrected chi connectivity index (χ0v) is 22.1. The molecule has 0 N–H and O–H groups in total. The van der Waals surface area contributed by atoms with Crippen LogP contribution in [0.15, 0.2) is 133 Å². The van der Waals surface area contributed by atoms with E-state index in [1.807, 2.05) is 24.3 Å². The van der Waals surface area contributed by atoms with Crippen LogP contribution in [0.25, 0.3) is 45.0 Å². The first-order chi connectivity index (χ1) is 19.1. The van der Waals surface area contributed by atoms with Crippen molar-refractivity contribution in [2.24, 2.45) is 0 Å². The second-order valence-corrected chi connectivity index (χ2v) is 10.5. The number of aryl methyl sites for hydroxylation is 1. The van der Waals surface area contributed by atoms with Gasteiger partial charge in [-0.25, -0.2) is 9.97 Å². The molecular formula is C37H28N2. The molecule has 1 aromatic heterocycles. The van der Waals surface area contributed by atoms with Crippen molar-refractivity contribution in [3.63, 3.8) is 0 Å². The summed E-state index contributed by atoms with van der Waals surface area (Å²) in [6.45, 7) is 4.54. The topological polar surface area (TPSA) is 25.8 Å². The quantitative estimate of drug-likeness (QED) is 0.241. The van der Waals surface area contributed by atoms with Gasteiger partial charge in [0.15, 0.2) is 5.82 Å². The number of hydrogen-bond acceptors (Lipinski definition) is 2. The van der Waals surface area contributed by atoms with Crippen LogP contribution in [-0.4, -0.2) is 9.97 Å². The highest BCUT2D eigenvalue weighted by Gasteiger charge is 2.42. The summed E-state index contributed by atoms with van der Waals surface area (Å²) in [6, 6.07) is 47.2. The summed E-state index contributed by atoms with van der Waals surface area (Å²) >= 11 is 0. The Labute approximate surface area is 229 Å². The average molecular weight is 501 g/mol. The molecule has 6 aromatic rings. The maximum atomic E-state index is 5.18. The third-order valence-corrected chi connectivity index (χ3v) is 8.04. The number of fused-ring (bicyclic) bond motifs is 3. The van der Waals surface area contributed by atoms with Crippen molar-refractivity contribution in [1.82, 2.24) is 9.97 Å². The lowest BCUT2D eigenvalue weighted by molar-refractivity contribution is 0.713. The Morgan fingerprint density at radius 1 is 0.513 bits per heavy atom. The fraction of sp³-hybridized carbons (Fsp3) is 0.0811. The average Bonchev–Trinajstić information content (AvgIpc) is 3.26. The number of nitrogens with zero attached hydrogens (tertiary/aromatic N) is 2. The SMILES string of the molecule is Cc1ccc2c(c1)C(C)(c1ccccc1)c1cccc(-c3cc(-c4ccccc4)nc(-c4ccccc4)n3)c1-2. The highest BCUT2D eigenvalue weighted by atomic mass is 14.9. The van der Waals surface area contributed by atoms with Gasteiger partial charge in [-0.15, -0.1) is 0 Å². The third kappa shape index (κ3) is 3.80. The summed E-state index contributed by atoms with van der Waals surface area (Å²) in [5.74, 6) is 0.734. The summed E-state index contributed by atoms with van der Waals surface area (Å²) in [5.41, 5.74) is 12.6. The molecule has 5 aromatic carbocycles. The molecule has 0 saturated carbocycles. The molecular weight excluding hydrogens is 472 g/mol. The van der Waals surface area contributed by atoms with Crippen molar-refractivity contribution in [3.05, 3.63) is 156 Å². The molecule has 39 heavy (non-hydrogen) atoms. The Morgan fingerprint density at radius 3 is 1.87 bits per heavy atom. The number of benzene rings is 5. The molecule has 186 valence electrons. The molecule has 2 heteroatoms. The second kappa shape index (κ2) is 9.18. The van der Waals surface area contributed by atoms with E-state index in [1.54, 1.807) is 0 Å². The van der Waals surface area contributed by atoms with Gasteiger partial charge in [-0.2, -0.15) is 0 Å². The molecule has 1 aliphatic rings. The molecule has 7 rings (SSSR count). The van der Waals surface area contributed by atoms with Crippen LogP contribution in [0.1, 0.15) is 29.2 Å². The van der Waals surface area contributed by atoms with E-state index >= 15 is 0 Å². The lowest BCUT2D eigenvalue weighted by Crippen LogP contribution is -2.22. The first kappa shape index (κ1) is 23.3. The summed E-state index contributed by atoms with van der Waals surface area (Å²) in [6.07, 6.45) is 0. The Hall–Kier alpha value is -4.82. The zero-order valence-electron chi connectivity index (χ0n) is 22.1. The molecule has 0 fully saturated rings. The summed E-state index contributed by atoms with van der Waals surface area (Å²) < 4.78 is 0. The zero-order chi connectivity index (χ0) is 26.4. The van der Waals surface area contributed by atoms with Crippen molar-refractivity contribution in [2.75, 3.05) is 0 Å². The smallest absolute Gasteiger partial charge is 0.160 e. The van der Waals surface area contributed by atoms with Gasteiger partial charge < -0.3 is 0 Å². The van der Waals surface area contributed by atoms with Crippen LogP contribution in [0, 0.1) is 6.92 Å². The van der Waals surface area contributed by atoms with E-state index in [-0.39, 0.29) is 5.41 Å². The maximum Gasteiger partial charge on any atom is 0.160 e. The molecule has 1 heterocycles. The van der Waals surface area contributed by atoms with Gasteiger partial charge in [0.1, 0.15) is 0 Å². The largest absolute Gasteiger partial charge is 0.228 e. The van der Waals surface area contributed by atoms with Crippen LogP contribution in [0.2, 0.25) is 0 Å². The number of hydrogen-bond donors (Lipinski definition) is 0. The number of aromatic nitrogens is 2. The summed E-state index contributed by atoms with van der Waals surface area (Å²) in [5, 5.41) is 0. The Kier molecular flexibility index (Phi) is 5.49. The minimum Gasteiger partial charge on any atom is -0.228 e. The monoisotopic (exact) mass is 500 g/mol. The van der Waals surface area contributed by atoms with Gasteiger partial charge in [0.25, 0.3) is 0 Å².